The Morgan fingerprint density at radius 3 is 2.62 bits per heavy atom. The van der Waals surface area contributed by atoms with E-state index >= 15 is 0 Å². The summed E-state index contributed by atoms with van der Waals surface area (Å²) in [5.41, 5.74) is 0.322. The first-order valence-corrected chi connectivity index (χ1v) is 5.84. The van der Waals surface area contributed by atoms with Gasteiger partial charge in [0.2, 0.25) is 10.0 Å². The molecule has 0 aromatic heterocycles. The predicted octanol–water partition coefficient (Wildman–Crippen LogP) is 1.38. The Morgan fingerprint density at radius 2 is 2.08 bits per heavy atom. The lowest BCUT2D eigenvalue weighted by Gasteiger charge is -2.02. The van der Waals surface area contributed by atoms with Crippen molar-refractivity contribution in [1.29, 1.82) is 0 Å². The molecule has 3 nitrogen and oxygen atoms in total. The first kappa shape index (κ1) is 10.6. The van der Waals surface area contributed by atoms with E-state index in [9.17, 15) is 12.8 Å². The van der Waals surface area contributed by atoms with Crippen LogP contribution in [0.15, 0.2) is 22.7 Å². The molecule has 0 saturated carbocycles. The maximum absolute atomic E-state index is 12.7. The third-order valence-corrected chi connectivity index (χ3v) is 2.85. The molecule has 0 aliphatic rings. The van der Waals surface area contributed by atoms with E-state index in [1.807, 2.05) is 0 Å². The second kappa shape index (κ2) is 3.73. The highest BCUT2D eigenvalue weighted by molar-refractivity contribution is 9.10. The number of benzene rings is 1. The van der Waals surface area contributed by atoms with Gasteiger partial charge in [-0.3, -0.25) is 0 Å². The largest absolute Gasteiger partial charge is 0.228 e. The molecule has 0 aliphatic carbocycles. The Kier molecular flexibility index (Phi) is 3.05. The minimum atomic E-state index is -3.61. The van der Waals surface area contributed by atoms with Crippen LogP contribution in [0.2, 0.25) is 0 Å². The van der Waals surface area contributed by atoms with Crippen molar-refractivity contribution < 1.29 is 12.8 Å². The van der Waals surface area contributed by atoms with E-state index in [4.69, 9.17) is 5.14 Å². The summed E-state index contributed by atoms with van der Waals surface area (Å²) < 4.78 is 34.6. The summed E-state index contributed by atoms with van der Waals surface area (Å²) in [6, 6.07) is 3.81. The molecule has 72 valence electrons. The summed E-state index contributed by atoms with van der Waals surface area (Å²) in [6.45, 7) is 0. The van der Waals surface area contributed by atoms with Crippen molar-refractivity contribution in [3.63, 3.8) is 0 Å². The minimum absolute atomic E-state index is 0.322. The third-order valence-electron chi connectivity index (χ3n) is 1.36. The van der Waals surface area contributed by atoms with Crippen LogP contribution >= 0.6 is 15.9 Å². The van der Waals surface area contributed by atoms with Crippen molar-refractivity contribution in [1.82, 2.24) is 0 Å². The van der Waals surface area contributed by atoms with Crippen LogP contribution in [0, 0.1) is 5.82 Å². The molecule has 1 aromatic carbocycles. The molecule has 1 rings (SSSR count). The monoisotopic (exact) mass is 267 g/mol. The van der Waals surface area contributed by atoms with Crippen LogP contribution in [0.3, 0.4) is 0 Å². The molecule has 13 heavy (non-hydrogen) atoms. The molecule has 0 radical (unpaired) electrons. The Morgan fingerprint density at radius 1 is 1.46 bits per heavy atom. The van der Waals surface area contributed by atoms with Gasteiger partial charge in [-0.05, 0) is 23.8 Å². The SMILES string of the molecule is NS(=O)(=O)Cc1cc(F)ccc1Br. The second-order valence-electron chi connectivity index (χ2n) is 2.54. The maximum atomic E-state index is 12.7. The zero-order valence-corrected chi connectivity index (χ0v) is 8.90. The molecular formula is C7H7BrFNO2S. The Balaban J connectivity index is 3.08. The van der Waals surface area contributed by atoms with Crippen LogP contribution in [0.4, 0.5) is 4.39 Å². The Labute approximate surface area is 83.9 Å². The molecule has 0 saturated heterocycles. The lowest BCUT2D eigenvalue weighted by Crippen LogP contribution is -2.14. The molecule has 0 amide bonds. The van der Waals surface area contributed by atoms with Gasteiger partial charge in [0.25, 0.3) is 0 Å². The van der Waals surface area contributed by atoms with Gasteiger partial charge in [-0.25, -0.2) is 17.9 Å². The molecular weight excluding hydrogens is 261 g/mol. The van der Waals surface area contributed by atoms with Crippen LogP contribution in [-0.2, 0) is 15.8 Å². The van der Waals surface area contributed by atoms with Crippen LogP contribution in [0.1, 0.15) is 5.56 Å². The van der Waals surface area contributed by atoms with E-state index in [1.165, 1.54) is 12.1 Å². The summed E-state index contributed by atoms with van der Waals surface area (Å²) in [6.07, 6.45) is 0. The number of hydrogen-bond acceptors (Lipinski definition) is 2. The zero-order chi connectivity index (χ0) is 10.1. The van der Waals surface area contributed by atoms with Gasteiger partial charge in [0, 0.05) is 4.47 Å². The van der Waals surface area contributed by atoms with Crippen molar-refractivity contribution in [2.24, 2.45) is 5.14 Å². The van der Waals surface area contributed by atoms with Crippen molar-refractivity contribution in [3.8, 4) is 0 Å². The molecule has 0 bridgehead atoms. The first-order chi connectivity index (χ1) is 5.88. The summed E-state index contributed by atoms with van der Waals surface area (Å²) >= 11 is 3.10. The summed E-state index contributed by atoms with van der Waals surface area (Å²) in [7, 11) is -3.61. The second-order valence-corrected chi connectivity index (χ2v) is 5.01. The quantitative estimate of drug-likeness (QED) is 0.880. The van der Waals surface area contributed by atoms with Crippen LogP contribution in [-0.4, -0.2) is 8.42 Å². The molecule has 2 N–H and O–H groups in total. The summed E-state index contributed by atoms with van der Waals surface area (Å²) in [5, 5.41) is 4.82. The molecule has 0 unspecified atom stereocenters. The average molecular weight is 268 g/mol. The number of halogens is 2. The van der Waals surface area contributed by atoms with Gasteiger partial charge < -0.3 is 0 Å². The fourth-order valence-electron chi connectivity index (χ4n) is 0.871. The molecule has 0 fully saturated rings. The van der Waals surface area contributed by atoms with E-state index in [-0.39, 0.29) is 5.75 Å². The van der Waals surface area contributed by atoms with Crippen LogP contribution < -0.4 is 5.14 Å². The minimum Gasteiger partial charge on any atom is -0.228 e. The van der Waals surface area contributed by atoms with E-state index in [0.29, 0.717) is 10.0 Å². The first-order valence-electron chi connectivity index (χ1n) is 3.33. The highest BCUT2D eigenvalue weighted by Gasteiger charge is 2.09. The zero-order valence-electron chi connectivity index (χ0n) is 6.50. The maximum Gasteiger partial charge on any atom is 0.213 e. The van der Waals surface area contributed by atoms with Gasteiger partial charge >= 0.3 is 0 Å². The molecule has 1 aromatic rings. The van der Waals surface area contributed by atoms with Crippen molar-refractivity contribution in [2.75, 3.05) is 0 Å². The van der Waals surface area contributed by atoms with Crippen molar-refractivity contribution >= 4 is 26.0 Å². The van der Waals surface area contributed by atoms with E-state index in [0.717, 1.165) is 6.07 Å². The topological polar surface area (TPSA) is 60.2 Å². The lowest BCUT2D eigenvalue weighted by molar-refractivity contribution is 0.596. The van der Waals surface area contributed by atoms with E-state index in [1.54, 1.807) is 0 Å². The van der Waals surface area contributed by atoms with Gasteiger partial charge in [-0.2, -0.15) is 0 Å². The van der Waals surface area contributed by atoms with Gasteiger partial charge in [-0.1, -0.05) is 15.9 Å². The van der Waals surface area contributed by atoms with Crippen molar-refractivity contribution in [2.45, 2.75) is 5.75 Å². The highest BCUT2D eigenvalue weighted by Crippen LogP contribution is 2.19. The molecule has 0 aliphatic heterocycles. The number of sulfonamides is 1. The van der Waals surface area contributed by atoms with Crippen molar-refractivity contribution in [3.05, 3.63) is 34.1 Å². The number of nitrogens with two attached hydrogens (primary N) is 1. The van der Waals surface area contributed by atoms with E-state index < -0.39 is 15.8 Å². The Hall–Kier alpha value is -0.460. The predicted molar refractivity (Wildman–Crippen MR) is 50.9 cm³/mol. The third kappa shape index (κ3) is 3.41. The molecule has 6 heteroatoms. The Bertz CT molecular complexity index is 419. The standard InChI is InChI=1S/C7H7BrFNO2S/c8-7-2-1-6(9)3-5(7)4-13(10,11)12/h1-3H,4H2,(H2,10,11,12). The molecule has 0 heterocycles. The fourth-order valence-corrected chi connectivity index (χ4v) is 2.12. The van der Waals surface area contributed by atoms with E-state index in [2.05, 4.69) is 15.9 Å². The fraction of sp³-hybridized carbons (Fsp3) is 0.143. The average Bonchev–Trinajstić information content (AvgIpc) is 1.94. The lowest BCUT2D eigenvalue weighted by atomic mass is 10.2. The van der Waals surface area contributed by atoms with Gasteiger partial charge in [-0.15, -0.1) is 0 Å². The number of primary sulfonamides is 1. The molecule has 0 atom stereocenters. The number of rotatable bonds is 2. The normalized spacial score (nSPS) is 11.6. The summed E-state index contributed by atoms with van der Waals surface area (Å²) in [5.74, 6) is -0.854. The van der Waals surface area contributed by atoms with Gasteiger partial charge in [0.05, 0.1) is 5.75 Å². The highest BCUT2D eigenvalue weighted by atomic mass is 79.9. The smallest absolute Gasteiger partial charge is 0.213 e. The van der Waals surface area contributed by atoms with Gasteiger partial charge in [0.15, 0.2) is 0 Å². The number of hydrogen-bond donors (Lipinski definition) is 1. The van der Waals surface area contributed by atoms with Crippen LogP contribution in [0.25, 0.3) is 0 Å². The van der Waals surface area contributed by atoms with Crippen LogP contribution in [0.5, 0.6) is 0 Å². The summed E-state index contributed by atoms with van der Waals surface area (Å²) in [4.78, 5) is 0. The van der Waals surface area contributed by atoms with Gasteiger partial charge in [0.1, 0.15) is 5.82 Å². The molecule has 0 spiro atoms.